The van der Waals surface area contributed by atoms with Gasteiger partial charge >= 0.3 is 11.9 Å². The van der Waals surface area contributed by atoms with Crippen LogP contribution in [0.3, 0.4) is 0 Å². The Morgan fingerprint density at radius 3 is 2.00 bits per heavy atom. The van der Waals surface area contributed by atoms with Crippen molar-refractivity contribution < 1.29 is 69.8 Å². The lowest BCUT2D eigenvalue weighted by atomic mass is 9.73. The molecule has 6 heterocycles. The molecule has 16 nitrogen and oxygen atoms in total. The van der Waals surface area contributed by atoms with Gasteiger partial charge in [-0.05, 0) is 61.1 Å². The molecule has 9 N–H and O–H groups in total. The minimum atomic E-state index is -1.42. The summed E-state index contributed by atoms with van der Waals surface area (Å²) < 4.78 is 14.0. The number of methoxy groups -OCH3 is 1. The average molecular weight is 677 g/mol. The Labute approximate surface area is 274 Å². The number of cyclic esters (lactones) is 2. The fourth-order valence-corrected chi connectivity index (χ4v) is 6.09. The van der Waals surface area contributed by atoms with Crippen molar-refractivity contribution in [2.24, 2.45) is 11.8 Å². The predicted octanol–water partition coefficient (Wildman–Crippen LogP) is 0.358. The highest BCUT2D eigenvalue weighted by Gasteiger charge is 2.43. The summed E-state index contributed by atoms with van der Waals surface area (Å²) in [5.41, 5.74) is 1.85. The Morgan fingerprint density at radius 2 is 1.56 bits per heavy atom. The Hall–Kier alpha value is -4.45. The van der Waals surface area contributed by atoms with Crippen LogP contribution in [0, 0.1) is 11.8 Å². The van der Waals surface area contributed by atoms with Gasteiger partial charge < -0.3 is 60.2 Å². The number of carbonyl (C=O) groups is 2. The Balaban J connectivity index is 0.000000183. The number of ether oxygens (including phenoxy) is 3. The topological polar surface area (TPSA) is 260 Å². The van der Waals surface area contributed by atoms with Crippen LogP contribution in [0.2, 0.25) is 0 Å². The number of rotatable bonds is 8. The maximum Gasteiger partial charge on any atom is 0.377 e. The van der Waals surface area contributed by atoms with Crippen LogP contribution in [-0.4, -0.2) is 132 Å². The van der Waals surface area contributed by atoms with E-state index in [1.54, 1.807) is 13.3 Å². The lowest BCUT2D eigenvalue weighted by Crippen LogP contribution is -2.54. The average Bonchev–Trinajstić information content (AvgIpc) is 3.54. The fraction of sp³-hybridized carbons (Fsp3) is 0.469. The zero-order valence-electron chi connectivity index (χ0n) is 26.0. The number of carbonyl (C=O) groups excluding carboxylic acids is 2. The van der Waals surface area contributed by atoms with Crippen LogP contribution in [0.15, 0.2) is 66.2 Å². The minimum absolute atomic E-state index is 0.178. The number of hydrogen-bond acceptors (Lipinski definition) is 16. The quantitative estimate of drug-likeness (QED) is 0.135. The summed E-state index contributed by atoms with van der Waals surface area (Å²) in [6.07, 6.45) is 0.0669. The number of aliphatic hydroxyl groups excluding tert-OH is 9. The number of pyridine rings is 1. The van der Waals surface area contributed by atoms with Crippen molar-refractivity contribution in [2.75, 3.05) is 33.4 Å². The molecule has 1 aromatic carbocycles. The van der Waals surface area contributed by atoms with Crippen molar-refractivity contribution in [3.8, 4) is 5.75 Å². The molecule has 5 aliphatic heterocycles. The van der Waals surface area contributed by atoms with Gasteiger partial charge in [0.15, 0.2) is 23.7 Å². The first-order valence-electron chi connectivity index (χ1n) is 15.1. The molecule has 0 aliphatic carbocycles. The summed E-state index contributed by atoms with van der Waals surface area (Å²) in [5.74, 6) is -3.55. The molecular weight excluding hydrogens is 636 g/mol. The molecule has 16 heteroatoms. The highest BCUT2D eigenvalue weighted by molar-refractivity contribution is 5.89. The number of benzene rings is 1. The van der Waals surface area contributed by atoms with Crippen molar-refractivity contribution in [1.29, 1.82) is 0 Å². The van der Waals surface area contributed by atoms with Gasteiger partial charge in [0, 0.05) is 24.2 Å². The van der Waals surface area contributed by atoms with E-state index in [0.717, 1.165) is 41.7 Å². The number of aliphatic hydroxyl groups is 9. The van der Waals surface area contributed by atoms with Gasteiger partial charge in [0.05, 0.1) is 31.9 Å². The summed E-state index contributed by atoms with van der Waals surface area (Å²) in [6.45, 7) is 4.73. The molecule has 1 unspecified atom stereocenters. The van der Waals surface area contributed by atoms with E-state index in [9.17, 15) is 14.7 Å². The van der Waals surface area contributed by atoms with Crippen molar-refractivity contribution in [1.82, 2.24) is 9.88 Å². The second kappa shape index (κ2) is 15.6. The summed E-state index contributed by atoms with van der Waals surface area (Å²) in [7, 11) is 1.66. The molecule has 3 saturated heterocycles. The van der Waals surface area contributed by atoms with Crippen molar-refractivity contribution in [3.63, 3.8) is 0 Å². The fourth-order valence-electron chi connectivity index (χ4n) is 6.09. The van der Waals surface area contributed by atoms with Crippen LogP contribution < -0.4 is 4.74 Å². The van der Waals surface area contributed by atoms with E-state index in [4.69, 9.17) is 45.6 Å². The first-order valence-corrected chi connectivity index (χ1v) is 15.1. The van der Waals surface area contributed by atoms with E-state index in [0.29, 0.717) is 11.8 Å². The molecule has 48 heavy (non-hydrogen) atoms. The van der Waals surface area contributed by atoms with E-state index in [1.807, 2.05) is 24.3 Å². The molecule has 0 spiro atoms. The van der Waals surface area contributed by atoms with E-state index >= 15 is 0 Å². The van der Waals surface area contributed by atoms with Crippen molar-refractivity contribution in [2.45, 2.75) is 49.4 Å². The van der Waals surface area contributed by atoms with Gasteiger partial charge in [0.25, 0.3) is 0 Å². The van der Waals surface area contributed by atoms with Crippen LogP contribution in [0.25, 0.3) is 10.9 Å². The Morgan fingerprint density at radius 1 is 0.979 bits per heavy atom. The summed E-state index contributed by atoms with van der Waals surface area (Å²) in [5, 5.41) is 82.2. The van der Waals surface area contributed by atoms with Gasteiger partial charge in [-0.15, -0.1) is 6.58 Å². The number of fused-ring (bicyclic) bond motifs is 4. The van der Waals surface area contributed by atoms with Crippen LogP contribution in [0.1, 0.15) is 24.5 Å². The van der Waals surface area contributed by atoms with E-state index < -0.39 is 78.7 Å². The zero-order valence-corrected chi connectivity index (χ0v) is 26.0. The molecule has 5 aliphatic rings. The molecule has 2 bridgehead atoms. The normalized spacial score (nSPS) is 28.0. The molecule has 0 radical (unpaired) electrons. The molecule has 3 fully saturated rings. The molecular formula is C32H40N2O14. The predicted molar refractivity (Wildman–Crippen MR) is 166 cm³/mol. The summed E-state index contributed by atoms with van der Waals surface area (Å²) >= 11 is 0. The summed E-state index contributed by atoms with van der Waals surface area (Å²) in [4.78, 5) is 27.9. The number of aromatic nitrogens is 1. The first kappa shape index (κ1) is 36.4. The molecule has 1 aromatic heterocycles. The first-order chi connectivity index (χ1) is 22.9. The standard InChI is InChI=1S/C20H24N2O2.2C6H8O6/c1-3-13-12-22-9-7-14(13)10-19(22)20(23)16-6-8-21-18-5-4-15(24-2)11-17(16)18;2*7-1-2(8)5-3(9)4(10)6(11)12-5/h3-6,8,11,13-14,19-20,23H,1,7,9-10,12H2,2H3;2*2,5,7-10H,1H2/t13-,14-,19-,20+;2*2-,5+/m000/s1. The van der Waals surface area contributed by atoms with Crippen molar-refractivity contribution >= 4 is 22.8 Å². The van der Waals surface area contributed by atoms with Crippen molar-refractivity contribution in [3.05, 3.63) is 71.7 Å². The number of esters is 2. The zero-order chi connectivity index (χ0) is 35.3. The highest BCUT2D eigenvalue weighted by Crippen LogP contribution is 2.42. The largest absolute Gasteiger partial charge is 0.505 e. The lowest BCUT2D eigenvalue weighted by Gasteiger charge is -2.50. The third-order valence-corrected chi connectivity index (χ3v) is 8.77. The van der Waals surface area contributed by atoms with Crippen LogP contribution in [0.5, 0.6) is 5.75 Å². The van der Waals surface area contributed by atoms with Crippen LogP contribution in [-0.2, 0) is 19.1 Å². The third kappa shape index (κ3) is 7.48. The van der Waals surface area contributed by atoms with E-state index in [2.05, 4.69) is 32.0 Å². The van der Waals surface area contributed by atoms with Gasteiger partial charge in [-0.1, -0.05) is 6.08 Å². The molecule has 262 valence electrons. The molecule has 7 rings (SSSR count). The SMILES string of the molecule is C=C[C@H]1CN2CC[C@H]1C[C@H]2[C@H](O)c1ccnc2ccc(OC)cc12.O=C1O[C@H]([C@@H](O)CO)C(O)=C1O.O=C1O[C@H]([C@@H](O)CO)C(O)=C1O. The lowest BCUT2D eigenvalue weighted by molar-refractivity contribution is -0.148. The molecule has 0 amide bonds. The number of piperidine rings is 3. The maximum absolute atomic E-state index is 11.2. The van der Waals surface area contributed by atoms with E-state index in [-0.39, 0.29) is 6.04 Å². The molecule has 2 aromatic rings. The van der Waals surface area contributed by atoms with Gasteiger partial charge in [-0.2, -0.15) is 0 Å². The summed E-state index contributed by atoms with van der Waals surface area (Å²) in [6, 6.07) is 7.96. The Kier molecular flexibility index (Phi) is 11.9. The molecule has 0 saturated carbocycles. The number of hydrogen-bond donors (Lipinski definition) is 9. The maximum atomic E-state index is 11.2. The van der Waals surface area contributed by atoms with Crippen LogP contribution in [0.4, 0.5) is 0 Å². The number of nitrogens with zero attached hydrogens (tertiary/aromatic N) is 2. The van der Waals surface area contributed by atoms with E-state index in [1.165, 1.54) is 6.42 Å². The molecule has 9 atom stereocenters. The van der Waals surface area contributed by atoms with Gasteiger partial charge in [-0.25, -0.2) is 9.59 Å². The Bertz CT molecular complexity index is 1510. The third-order valence-electron chi connectivity index (χ3n) is 8.77. The minimum Gasteiger partial charge on any atom is -0.505 e. The smallest absolute Gasteiger partial charge is 0.377 e. The highest BCUT2D eigenvalue weighted by atomic mass is 16.6. The van der Waals surface area contributed by atoms with Gasteiger partial charge in [-0.3, -0.25) is 9.88 Å². The van der Waals surface area contributed by atoms with Gasteiger partial charge in [0.1, 0.15) is 18.0 Å². The second-order valence-electron chi connectivity index (χ2n) is 11.6. The van der Waals surface area contributed by atoms with Gasteiger partial charge in [0.2, 0.25) is 11.5 Å². The second-order valence-corrected chi connectivity index (χ2v) is 11.6. The van der Waals surface area contributed by atoms with Crippen LogP contribution >= 0.6 is 0 Å². The monoisotopic (exact) mass is 676 g/mol.